The minimum Gasteiger partial charge on any atom is -0.346 e. The zero-order valence-corrected chi connectivity index (χ0v) is 13.4. The highest BCUT2D eigenvalue weighted by molar-refractivity contribution is 5.96. The molecule has 0 spiro atoms. The van der Waals surface area contributed by atoms with E-state index in [4.69, 9.17) is 0 Å². The van der Waals surface area contributed by atoms with Crippen LogP contribution < -0.4 is 10.6 Å². The van der Waals surface area contributed by atoms with Crippen LogP contribution >= 0.6 is 0 Å². The molecule has 1 aromatic heterocycles. The lowest BCUT2D eigenvalue weighted by atomic mass is 9.84. The van der Waals surface area contributed by atoms with Crippen LogP contribution in [0.1, 0.15) is 36.2 Å². The lowest BCUT2D eigenvalue weighted by Gasteiger charge is -2.44. The van der Waals surface area contributed by atoms with Gasteiger partial charge in [0.2, 0.25) is 5.91 Å². The van der Waals surface area contributed by atoms with Crippen molar-refractivity contribution in [3.63, 3.8) is 0 Å². The molecule has 3 saturated heterocycles. The molecule has 3 aliphatic heterocycles. The number of carbonyl (C=O) groups is 2. The van der Waals surface area contributed by atoms with E-state index in [0.717, 1.165) is 45.3 Å². The van der Waals surface area contributed by atoms with Crippen LogP contribution in [0, 0.1) is 11.8 Å². The van der Waals surface area contributed by atoms with Crippen molar-refractivity contribution in [1.29, 1.82) is 0 Å². The Morgan fingerprint density at radius 1 is 1.22 bits per heavy atom. The van der Waals surface area contributed by atoms with Gasteiger partial charge in [0.1, 0.15) is 5.82 Å². The molecule has 4 heterocycles. The molecule has 1 unspecified atom stereocenters. The van der Waals surface area contributed by atoms with Gasteiger partial charge in [0, 0.05) is 31.6 Å². The molecular weight excluding hydrogens is 294 g/mol. The summed E-state index contributed by atoms with van der Waals surface area (Å²) in [5.41, 5.74) is 0.370. The Balaban J connectivity index is 1.41. The van der Waals surface area contributed by atoms with Gasteiger partial charge in [-0.25, -0.2) is 0 Å². The Morgan fingerprint density at radius 2 is 1.96 bits per heavy atom. The fourth-order valence-electron chi connectivity index (χ4n) is 3.64. The second kappa shape index (κ2) is 5.63. The summed E-state index contributed by atoms with van der Waals surface area (Å²) in [6.07, 6.45) is 4.24. The maximum Gasteiger partial charge on any atom is 0.272 e. The average molecular weight is 317 g/mol. The first-order chi connectivity index (χ1) is 11.1. The number of aromatic nitrogens is 2. The fraction of sp³-hybridized carbons (Fsp3) is 0.688. The van der Waals surface area contributed by atoms with Crippen LogP contribution in [-0.2, 0) is 11.8 Å². The van der Waals surface area contributed by atoms with E-state index in [1.165, 1.54) is 0 Å². The van der Waals surface area contributed by atoms with Crippen LogP contribution in [0.2, 0.25) is 0 Å². The van der Waals surface area contributed by atoms with Crippen LogP contribution in [-0.4, -0.2) is 52.2 Å². The summed E-state index contributed by atoms with van der Waals surface area (Å²) in [6, 6.07) is 1.88. The third-order valence-electron chi connectivity index (χ3n) is 5.28. The molecule has 4 aliphatic rings. The topological polar surface area (TPSA) is 79.3 Å². The van der Waals surface area contributed by atoms with Crippen molar-refractivity contribution in [3.8, 4) is 0 Å². The molecule has 2 N–H and O–H groups in total. The highest BCUT2D eigenvalue weighted by atomic mass is 16.2. The minimum absolute atomic E-state index is 0.0253. The van der Waals surface area contributed by atoms with E-state index in [2.05, 4.69) is 20.6 Å². The van der Waals surface area contributed by atoms with E-state index >= 15 is 0 Å². The van der Waals surface area contributed by atoms with Gasteiger partial charge in [-0.2, -0.15) is 5.10 Å². The summed E-state index contributed by atoms with van der Waals surface area (Å²) in [5, 5.41) is 10.2. The monoisotopic (exact) mass is 317 g/mol. The minimum atomic E-state index is -0.147. The summed E-state index contributed by atoms with van der Waals surface area (Å²) >= 11 is 0. The van der Waals surface area contributed by atoms with Gasteiger partial charge in [0.05, 0.1) is 0 Å². The Morgan fingerprint density at radius 3 is 2.57 bits per heavy atom. The lowest BCUT2D eigenvalue weighted by Crippen LogP contribution is -2.57. The molecule has 2 bridgehead atoms. The lowest BCUT2D eigenvalue weighted by molar-refractivity contribution is -0.117. The number of amides is 2. The molecular formula is C16H23N5O2. The first-order valence-corrected chi connectivity index (χ1v) is 8.48. The zero-order chi connectivity index (χ0) is 16.0. The Labute approximate surface area is 135 Å². The molecule has 1 aromatic rings. The molecule has 7 heteroatoms. The second-order valence-electron chi connectivity index (χ2n) is 7.02. The van der Waals surface area contributed by atoms with E-state index in [9.17, 15) is 9.59 Å². The number of hydrogen-bond donors (Lipinski definition) is 2. The number of piperidine rings is 3. The quantitative estimate of drug-likeness (QED) is 0.852. The van der Waals surface area contributed by atoms with E-state index < -0.39 is 0 Å². The predicted molar refractivity (Wildman–Crippen MR) is 85.0 cm³/mol. The van der Waals surface area contributed by atoms with Gasteiger partial charge in [-0.05, 0) is 44.7 Å². The standard InChI is InChI=1S/C16H23N5O2/c1-20-14(18-15(22)11-2-3-11)8-12(19-20)16(23)17-13-9-21-6-4-10(13)5-7-21/h8,10-11,13H,2-7,9H2,1H3,(H,17,23)(H,18,22). The van der Waals surface area contributed by atoms with Gasteiger partial charge in [-0.15, -0.1) is 0 Å². The van der Waals surface area contributed by atoms with Crippen molar-refractivity contribution in [2.45, 2.75) is 31.7 Å². The van der Waals surface area contributed by atoms with Gasteiger partial charge in [0.15, 0.2) is 5.69 Å². The Hall–Kier alpha value is -1.89. The largest absolute Gasteiger partial charge is 0.346 e. The Bertz CT molecular complexity index is 628. The molecule has 0 radical (unpaired) electrons. The number of nitrogens with zero attached hydrogens (tertiary/aromatic N) is 3. The summed E-state index contributed by atoms with van der Waals surface area (Å²) < 4.78 is 1.56. The smallest absolute Gasteiger partial charge is 0.272 e. The average Bonchev–Trinajstić information content (AvgIpc) is 3.34. The molecule has 1 saturated carbocycles. The number of nitrogens with one attached hydrogen (secondary N) is 2. The van der Waals surface area contributed by atoms with Crippen molar-refractivity contribution in [1.82, 2.24) is 20.0 Å². The first-order valence-electron chi connectivity index (χ1n) is 8.48. The van der Waals surface area contributed by atoms with E-state index in [1.54, 1.807) is 17.8 Å². The summed E-state index contributed by atoms with van der Waals surface area (Å²) in [7, 11) is 1.74. The van der Waals surface area contributed by atoms with Gasteiger partial charge < -0.3 is 15.5 Å². The van der Waals surface area contributed by atoms with Gasteiger partial charge in [0.25, 0.3) is 5.91 Å². The van der Waals surface area contributed by atoms with Crippen LogP contribution in [0.4, 0.5) is 5.82 Å². The van der Waals surface area contributed by atoms with Crippen molar-refractivity contribution < 1.29 is 9.59 Å². The van der Waals surface area contributed by atoms with Crippen molar-refractivity contribution >= 4 is 17.6 Å². The molecule has 5 rings (SSSR count). The maximum atomic E-state index is 12.5. The third-order valence-corrected chi connectivity index (χ3v) is 5.28. The molecule has 4 fully saturated rings. The molecule has 1 atom stereocenters. The number of fused-ring (bicyclic) bond motifs is 3. The SMILES string of the molecule is Cn1nc(C(=O)NC2CN3CCC2CC3)cc1NC(=O)C1CC1. The number of anilines is 1. The number of hydrogen-bond acceptors (Lipinski definition) is 4. The van der Waals surface area contributed by atoms with Crippen LogP contribution in [0.15, 0.2) is 6.07 Å². The van der Waals surface area contributed by atoms with E-state index in [0.29, 0.717) is 17.4 Å². The predicted octanol–water partition coefficient (Wildman–Crippen LogP) is 0.593. The number of carbonyl (C=O) groups excluding carboxylic acids is 2. The van der Waals surface area contributed by atoms with Gasteiger partial charge in [-0.1, -0.05) is 0 Å². The first kappa shape index (κ1) is 14.7. The van der Waals surface area contributed by atoms with E-state index in [-0.39, 0.29) is 23.8 Å². The summed E-state index contributed by atoms with van der Waals surface area (Å²) in [6.45, 7) is 3.24. The number of rotatable bonds is 4. The molecule has 124 valence electrons. The highest BCUT2D eigenvalue weighted by Gasteiger charge is 2.35. The van der Waals surface area contributed by atoms with Crippen LogP contribution in [0.5, 0.6) is 0 Å². The Kier molecular flexibility index (Phi) is 3.60. The summed E-state index contributed by atoms with van der Waals surface area (Å²) in [5.74, 6) is 1.18. The normalized spacial score (nSPS) is 29.3. The van der Waals surface area contributed by atoms with Gasteiger partial charge >= 0.3 is 0 Å². The highest BCUT2D eigenvalue weighted by Crippen LogP contribution is 2.30. The number of aryl methyl sites for hydroxylation is 1. The van der Waals surface area contributed by atoms with Crippen molar-refractivity contribution in [2.75, 3.05) is 25.0 Å². The maximum absolute atomic E-state index is 12.5. The molecule has 2 amide bonds. The molecule has 0 aromatic carbocycles. The van der Waals surface area contributed by atoms with E-state index in [1.807, 2.05) is 0 Å². The van der Waals surface area contributed by atoms with Crippen LogP contribution in [0.25, 0.3) is 0 Å². The third kappa shape index (κ3) is 2.97. The van der Waals surface area contributed by atoms with Gasteiger partial charge in [-0.3, -0.25) is 14.3 Å². The summed E-state index contributed by atoms with van der Waals surface area (Å²) in [4.78, 5) is 26.7. The molecule has 7 nitrogen and oxygen atoms in total. The van der Waals surface area contributed by atoms with Crippen molar-refractivity contribution in [2.24, 2.45) is 18.9 Å². The van der Waals surface area contributed by atoms with Crippen molar-refractivity contribution in [3.05, 3.63) is 11.8 Å². The fourth-order valence-corrected chi connectivity index (χ4v) is 3.64. The molecule has 1 aliphatic carbocycles. The molecule has 23 heavy (non-hydrogen) atoms. The second-order valence-corrected chi connectivity index (χ2v) is 7.02. The zero-order valence-electron chi connectivity index (χ0n) is 13.4. The van der Waals surface area contributed by atoms with Crippen LogP contribution in [0.3, 0.4) is 0 Å².